The zero-order valence-corrected chi connectivity index (χ0v) is 16.5. The van der Waals surface area contributed by atoms with Crippen molar-refractivity contribution < 1.29 is 0 Å². The third kappa shape index (κ3) is 3.64. The Balaban J connectivity index is 1.45. The molecule has 1 atom stereocenters. The highest BCUT2D eigenvalue weighted by atomic mass is 15.3. The SMILES string of the molecule is CN1CCN(Cc2ccccn2)C[C@@H]1c1cn2c(-c3ccncc3)cccc2n1. The van der Waals surface area contributed by atoms with E-state index in [2.05, 4.69) is 67.7 Å². The first-order chi connectivity index (χ1) is 14.3. The lowest BCUT2D eigenvalue weighted by molar-refractivity contribution is 0.0877. The molecule has 146 valence electrons. The van der Waals surface area contributed by atoms with E-state index in [1.807, 2.05) is 36.8 Å². The van der Waals surface area contributed by atoms with Crippen molar-refractivity contribution in [3.05, 3.63) is 84.7 Å². The summed E-state index contributed by atoms with van der Waals surface area (Å²) in [6, 6.07) is 16.7. The summed E-state index contributed by atoms with van der Waals surface area (Å²) in [5.74, 6) is 0. The normalized spacial score (nSPS) is 18.3. The Morgan fingerprint density at radius 1 is 0.966 bits per heavy atom. The first-order valence-corrected chi connectivity index (χ1v) is 9.99. The van der Waals surface area contributed by atoms with Gasteiger partial charge in [0.05, 0.1) is 23.1 Å². The van der Waals surface area contributed by atoms with Crippen LogP contribution in [0.25, 0.3) is 16.9 Å². The van der Waals surface area contributed by atoms with E-state index in [-0.39, 0.29) is 6.04 Å². The molecule has 5 rings (SSSR count). The van der Waals surface area contributed by atoms with Crippen LogP contribution in [-0.2, 0) is 6.54 Å². The number of hydrogen-bond donors (Lipinski definition) is 0. The molecule has 6 heteroatoms. The van der Waals surface area contributed by atoms with Crippen LogP contribution in [0.5, 0.6) is 0 Å². The maximum absolute atomic E-state index is 4.98. The van der Waals surface area contributed by atoms with Crippen molar-refractivity contribution in [2.45, 2.75) is 12.6 Å². The second-order valence-corrected chi connectivity index (χ2v) is 7.59. The highest BCUT2D eigenvalue weighted by Crippen LogP contribution is 2.27. The molecule has 0 radical (unpaired) electrons. The topological polar surface area (TPSA) is 49.6 Å². The molecule has 4 aromatic rings. The van der Waals surface area contributed by atoms with E-state index in [9.17, 15) is 0 Å². The summed E-state index contributed by atoms with van der Waals surface area (Å²) in [5.41, 5.74) is 5.48. The lowest BCUT2D eigenvalue weighted by Crippen LogP contribution is -2.46. The molecule has 0 bridgehead atoms. The van der Waals surface area contributed by atoms with Gasteiger partial charge in [0, 0.05) is 56.5 Å². The lowest BCUT2D eigenvalue weighted by Gasteiger charge is -2.38. The molecule has 29 heavy (non-hydrogen) atoms. The van der Waals surface area contributed by atoms with Crippen LogP contribution in [0.4, 0.5) is 0 Å². The van der Waals surface area contributed by atoms with Crippen LogP contribution < -0.4 is 0 Å². The third-order valence-corrected chi connectivity index (χ3v) is 5.67. The largest absolute Gasteiger partial charge is 0.299 e. The summed E-state index contributed by atoms with van der Waals surface area (Å²) in [4.78, 5) is 18.5. The Morgan fingerprint density at radius 2 is 1.86 bits per heavy atom. The maximum Gasteiger partial charge on any atom is 0.137 e. The number of fused-ring (bicyclic) bond motifs is 1. The molecule has 0 unspecified atom stereocenters. The van der Waals surface area contributed by atoms with Crippen LogP contribution in [0.1, 0.15) is 17.4 Å². The van der Waals surface area contributed by atoms with Crippen molar-refractivity contribution >= 4 is 5.65 Å². The van der Waals surface area contributed by atoms with Gasteiger partial charge in [-0.15, -0.1) is 0 Å². The molecule has 4 aromatic heterocycles. The van der Waals surface area contributed by atoms with Crippen molar-refractivity contribution in [2.24, 2.45) is 0 Å². The average molecular weight is 384 g/mol. The van der Waals surface area contributed by atoms with Gasteiger partial charge in [-0.05, 0) is 43.4 Å². The van der Waals surface area contributed by atoms with Gasteiger partial charge in [0.1, 0.15) is 5.65 Å². The van der Waals surface area contributed by atoms with E-state index in [1.165, 1.54) is 0 Å². The second-order valence-electron chi connectivity index (χ2n) is 7.59. The zero-order chi connectivity index (χ0) is 19.6. The van der Waals surface area contributed by atoms with Gasteiger partial charge in [-0.1, -0.05) is 12.1 Å². The summed E-state index contributed by atoms with van der Waals surface area (Å²) < 4.78 is 2.19. The minimum absolute atomic E-state index is 0.262. The fraction of sp³-hybridized carbons (Fsp3) is 0.261. The summed E-state index contributed by atoms with van der Waals surface area (Å²) in [7, 11) is 2.19. The molecule has 1 aliphatic heterocycles. The van der Waals surface area contributed by atoms with Gasteiger partial charge in [0.25, 0.3) is 0 Å². The molecule has 0 N–H and O–H groups in total. The predicted molar refractivity (Wildman–Crippen MR) is 113 cm³/mol. The van der Waals surface area contributed by atoms with Crippen molar-refractivity contribution in [1.82, 2.24) is 29.2 Å². The molecule has 0 spiro atoms. The van der Waals surface area contributed by atoms with Gasteiger partial charge in [0.2, 0.25) is 0 Å². The Kier molecular flexibility index (Phi) is 4.79. The summed E-state index contributed by atoms with van der Waals surface area (Å²) in [6.45, 7) is 3.88. The molecule has 1 saturated heterocycles. The van der Waals surface area contributed by atoms with Crippen molar-refractivity contribution in [3.8, 4) is 11.3 Å². The third-order valence-electron chi connectivity index (χ3n) is 5.67. The van der Waals surface area contributed by atoms with E-state index >= 15 is 0 Å². The van der Waals surface area contributed by atoms with Crippen molar-refractivity contribution in [1.29, 1.82) is 0 Å². The summed E-state index contributed by atoms with van der Waals surface area (Å²) in [5, 5.41) is 0. The molecule has 6 nitrogen and oxygen atoms in total. The molecule has 5 heterocycles. The Morgan fingerprint density at radius 3 is 2.69 bits per heavy atom. The first-order valence-electron chi connectivity index (χ1n) is 9.99. The number of piperazine rings is 1. The molecule has 1 fully saturated rings. The van der Waals surface area contributed by atoms with E-state index < -0.39 is 0 Å². The number of rotatable bonds is 4. The average Bonchev–Trinajstić information content (AvgIpc) is 3.20. The predicted octanol–water partition coefficient (Wildman–Crippen LogP) is 3.28. The first kappa shape index (κ1) is 18.0. The lowest BCUT2D eigenvalue weighted by atomic mass is 10.1. The van der Waals surface area contributed by atoms with Crippen LogP contribution in [-0.4, -0.2) is 55.8 Å². The maximum atomic E-state index is 4.98. The van der Waals surface area contributed by atoms with Crippen LogP contribution >= 0.6 is 0 Å². The van der Waals surface area contributed by atoms with E-state index in [0.717, 1.165) is 54.5 Å². The Bertz CT molecular complexity index is 1090. The Labute approximate surface area is 170 Å². The number of hydrogen-bond acceptors (Lipinski definition) is 5. The highest BCUT2D eigenvalue weighted by Gasteiger charge is 2.28. The Hall–Kier alpha value is -3.09. The van der Waals surface area contributed by atoms with Gasteiger partial charge in [0.15, 0.2) is 0 Å². The molecule has 1 aliphatic rings. The van der Waals surface area contributed by atoms with Crippen LogP contribution in [0.2, 0.25) is 0 Å². The smallest absolute Gasteiger partial charge is 0.137 e. The minimum atomic E-state index is 0.262. The van der Waals surface area contributed by atoms with Gasteiger partial charge in [-0.2, -0.15) is 0 Å². The van der Waals surface area contributed by atoms with Crippen LogP contribution in [0, 0.1) is 0 Å². The van der Waals surface area contributed by atoms with E-state index in [4.69, 9.17) is 4.98 Å². The van der Waals surface area contributed by atoms with Crippen molar-refractivity contribution in [2.75, 3.05) is 26.7 Å². The zero-order valence-electron chi connectivity index (χ0n) is 16.5. The van der Waals surface area contributed by atoms with Crippen LogP contribution in [0.3, 0.4) is 0 Å². The number of aromatic nitrogens is 4. The van der Waals surface area contributed by atoms with Gasteiger partial charge < -0.3 is 0 Å². The summed E-state index contributed by atoms with van der Waals surface area (Å²) >= 11 is 0. The fourth-order valence-electron chi connectivity index (χ4n) is 4.06. The summed E-state index contributed by atoms with van der Waals surface area (Å²) in [6.07, 6.45) is 7.72. The second kappa shape index (κ2) is 7.73. The number of imidazole rings is 1. The van der Waals surface area contributed by atoms with Gasteiger partial charge >= 0.3 is 0 Å². The molecular weight excluding hydrogens is 360 g/mol. The number of likely N-dealkylation sites (N-methyl/N-ethyl adjacent to an activating group) is 1. The van der Waals surface area contributed by atoms with Gasteiger partial charge in [-0.25, -0.2) is 4.98 Å². The van der Waals surface area contributed by atoms with Gasteiger partial charge in [-0.3, -0.25) is 24.2 Å². The molecular formula is C23H24N6. The quantitative estimate of drug-likeness (QED) is 0.540. The minimum Gasteiger partial charge on any atom is -0.299 e. The monoisotopic (exact) mass is 384 g/mol. The standard InChI is InChI=1S/C23H24N6/c1-27-13-14-28(15-19-5-2-3-10-25-19)17-22(27)20-16-29-21(6-4-7-23(29)26-20)18-8-11-24-12-9-18/h2-12,16,22H,13-15,17H2,1H3/t22-/m1/s1. The highest BCUT2D eigenvalue weighted by molar-refractivity contribution is 5.63. The molecule has 0 aliphatic carbocycles. The van der Waals surface area contributed by atoms with E-state index in [1.54, 1.807) is 0 Å². The van der Waals surface area contributed by atoms with Crippen LogP contribution in [0.15, 0.2) is 73.3 Å². The molecule has 0 saturated carbocycles. The molecule has 0 amide bonds. The van der Waals surface area contributed by atoms with E-state index in [0.29, 0.717) is 0 Å². The van der Waals surface area contributed by atoms with Crippen molar-refractivity contribution in [3.63, 3.8) is 0 Å². The number of pyridine rings is 3. The fourth-order valence-corrected chi connectivity index (χ4v) is 4.06. The number of nitrogens with zero attached hydrogens (tertiary/aromatic N) is 6. The molecule has 0 aromatic carbocycles.